The first-order valence-corrected chi connectivity index (χ1v) is 14.4. The highest BCUT2D eigenvalue weighted by atomic mass is 35.5. The number of nitrogens with two attached hydrogens (primary N) is 2. The highest BCUT2D eigenvalue weighted by Gasteiger charge is 2.36. The molecule has 1 aliphatic heterocycles. The summed E-state index contributed by atoms with van der Waals surface area (Å²) in [6.07, 6.45) is 0.522. The first-order valence-electron chi connectivity index (χ1n) is 13.9. The quantitative estimate of drug-likeness (QED) is 0.187. The average Bonchev–Trinajstić information content (AvgIpc) is 3.32. The molecule has 224 valence electrons. The maximum atomic E-state index is 13.1. The minimum absolute atomic E-state index is 0.0317. The molecule has 2 atom stereocenters. The van der Waals surface area contributed by atoms with Crippen molar-refractivity contribution < 1.29 is 23.9 Å². The van der Waals surface area contributed by atoms with Crippen LogP contribution in [0.2, 0.25) is 0 Å². The number of alkyl halides is 1. The molecular weight excluding hydrogens is 558 g/mol. The molecule has 0 spiro atoms. The average molecular weight is 596 g/mol. The van der Waals surface area contributed by atoms with E-state index in [1.807, 2.05) is 63.2 Å². The predicted molar refractivity (Wildman–Crippen MR) is 165 cm³/mol. The van der Waals surface area contributed by atoms with Crippen LogP contribution in [0.5, 0.6) is 5.75 Å². The van der Waals surface area contributed by atoms with Gasteiger partial charge in [0, 0.05) is 42.0 Å². The minimum atomic E-state index is -0.713. The SMILES string of the molecule is CC(C)(C)OC(=O)N1CC(CCl)c2c1cc(OCc1ccc(NC(=O)[C@@H](N)CCCNC(N)=O)cc1)c1ccccc21. The van der Waals surface area contributed by atoms with Crippen molar-refractivity contribution in [2.75, 3.05) is 29.2 Å². The van der Waals surface area contributed by atoms with Crippen molar-refractivity contribution >= 4 is 51.8 Å². The smallest absolute Gasteiger partial charge is 0.414 e. The molecule has 0 bridgehead atoms. The number of carbonyl (C=O) groups is 3. The van der Waals surface area contributed by atoms with E-state index in [1.165, 1.54) is 0 Å². The number of nitrogens with one attached hydrogen (secondary N) is 2. The lowest BCUT2D eigenvalue weighted by Crippen LogP contribution is -2.37. The predicted octanol–water partition coefficient (Wildman–Crippen LogP) is 5.21. The highest BCUT2D eigenvalue weighted by Crippen LogP contribution is 2.46. The molecule has 1 aliphatic rings. The molecule has 0 fully saturated rings. The van der Waals surface area contributed by atoms with E-state index in [1.54, 1.807) is 17.0 Å². The van der Waals surface area contributed by atoms with Crippen LogP contribution < -0.4 is 31.7 Å². The first-order chi connectivity index (χ1) is 20.0. The monoisotopic (exact) mass is 595 g/mol. The molecule has 0 radical (unpaired) electrons. The summed E-state index contributed by atoms with van der Waals surface area (Å²) in [5, 5.41) is 7.20. The number of rotatable bonds is 10. The second kappa shape index (κ2) is 13.3. The van der Waals surface area contributed by atoms with Crippen LogP contribution in [0.15, 0.2) is 54.6 Å². The van der Waals surface area contributed by atoms with Crippen molar-refractivity contribution in [1.82, 2.24) is 5.32 Å². The van der Waals surface area contributed by atoms with Gasteiger partial charge >= 0.3 is 12.1 Å². The molecular formula is C31H38ClN5O5. The van der Waals surface area contributed by atoms with Crippen molar-refractivity contribution in [3.8, 4) is 5.75 Å². The summed E-state index contributed by atoms with van der Waals surface area (Å²) >= 11 is 6.36. The molecule has 1 heterocycles. The summed E-state index contributed by atoms with van der Waals surface area (Å²) in [5.74, 6) is 0.669. The molecule has 11 heteroatoms. The number of nitrogens with zero attached hydrogens (tertiary/aromatic N) is 1. The Hall–Kier alpha value is -4.02. The lowest BCUT2D eigenvalue weighted by Gasteiger charge is -2.25. The molecule has 3 aromatic carbocycles. The Morgan fingerprint density at radius 1 is 1.10 bits per heavy atom. The van der Waals surface area contributed by atoms with Gasteiger partial charge in [0.1, 0.15) is 18.0 Å². The Morgan fingerprint density at radius 3 is 2.43 bits per heavy atom. The number of primary amides is 1. The van der Waals surface area contributed by atoms with E-state index >= 15 is 0 Å². The van der Waals surface area contributed by atoms with Crippen molar-refractivity contribution in [2.24, 2.45) is 11.5 Å². The lowest BCUT2D eigenvalue weighted by molar-refractivity contribution is -0.117. The molecule has 0 saturated heterocycles. The van der Waals surface area contributed by atoms with Gasteiger partial charge in [-0.25, -0.2) is 9.59 Å². The molecule has 0 saturated carbocycles. The Morgan fingerprint density at radius 2 is 1.79 bits per heavy atom. The van der Waals surface area contributed by atoms with Gasteiger partial charge in [-0.15, -0.1) is 11.6 Å². The van der Waals surface area contributed by atoms with Gasteiger partial charge in [0.15, 0.2) is 0 Å². The van der Waals surface area contributed by atoms with Gasteiger partial charge < -0.3 is 31.6 Å². The van der Waals surface area contributed by atoms with E-state index < -0.39 is 23.8 Å². The second-order valence-electron chi connectivity index (χ2n) is 11.3. The molecule has 0 aliphatic carbocycles. The minimum Gasteiger partial charge on any atom is -0.488 e. The van der Waals surface area contributed by atoms with Crippen LogP contribution in [0.1, 0.15) is 50.7 Å². The lowest BCUT2D eigenvalue weighted by atomic mass is 9.95. The third-order valence-electron chi connectivity index (χ3n) is 6.87. The molecule has 1 unspecified atom stereocenters. The van der Waals surface area contributed by atoms with Crippen LogP contribution in [-0.2, 0) is 16.1 Å². The number of benzene rings is 3. The van der Waals surface area contributed by atoms with Crippen molar-refractivity contribution in [2.45, 2.75) is 57.8 Å². The van der Waals surface area contributed by atoms with E-state index in [0.29, 0.717) is 43.2 Å². The number of carbonyl (C=O) groups excluding carboxylic acids is 3. The van der Waals surface area contributed by atoms with Crippen LogP contribution >= 0.6 is 11.6 Å². The number of hydrogen-bond acceptors (Lipinski definition) is 6. The van der Waals surface area contributed by atoms with Gasteiger partial charge in [0.05, 0.1) is 11.7 Å². The topological polar surface area (TPSA) is 149 Å². The second-order valence-corrected chi connectivity index (χ2v) is 11.6. The number of hydrogen-bond donors (Lipinski definition) is 4. The molecule has 0 aromatic heterocycles. The normalized spacial score (nSPS) is 15.2. The number of halogens is 1. The fourth-order valence-corrected chi connectivity index (χ4v) is 5.15. The fraction of sp³-hybridized carbons (Fsp3) is 0.387. The van der Waals surface area contributed by atoms with Gasteiger partial charge in [0.2, 0.25) is 5.91 Å². The first kappa shape index (κ1) is 30.9. The third-order valence-corrected chi connectivity index (χ3v) is 7.24. The van der Waals surface area contributed by atoms with Crippen molar-refractivity contribution in [3.05, 3.63) is 65.7 Å². The van der Waals surface area contributed by atoms with Crippen LogP contribution in [0.25, 0.3) is 10.8 Å². The molecule has 4 amide bonds. The summed E-state index contributed by atoms with van der Waals surface area (Å²) in [6, 6.07) is 15.8. The third kappa shape index (κ3) is 7.63. The number of fused-ring (bicyclic) bond motifs is 3. The number of ether oxygens (including phenoxy) is 2. The largest absolute Gasteiger partial charge is 0.488 e. The Kier molecular flexibility index (Phi) is 9.80. The summed E-state index contributed by atoms with van der Waals surface area (Å²) in [5.41, 5.74) is 13.6. The molecule has 10 nitrogen and oxygen atoms in total. The number of amides is 4. The number of anilines is 2. The Labute approximate surface area is 250 Å². The van der Waals surface area contributed by atoms with Crippen molar-refractivity contribution in [3.63, 3.8) is 0 Å². The van der Waals surface area contributed by atoms with Crippen LogP contribution in [0.3, 0.4) is 0 Å². The summed E-state index contributed by atoms with van der Waals surface area (Å²) in [6.45, 7) is 6.59. The van der Waals surface area contributed by atoms with Gasteiger partial charge in [0.25, 0.3) is 0 Å². The summed E-state index contributed by atoms with van der Waals surface area (Å²) < 4.78 is 12.0. The van der Waals surface area contributed by atoms with E-state index in [-0.39, 0.29) is 18.4 Å². The zero-order chi connectivity index (χ0) is 30.4. The number of urea groups is 1. The van der Waals surface area contributed by atoms with Gasteiger partial charge in [-0.1, -0.05) is 36.4 Å². The van der Waals surface area contributed by atoms with E-state index in [9.17, 15) is 14.4 Å². The Bertz CT molecular complexity index is 1440. The zero-order valence-corrected chi connectivity index (χ0v) is 24.9. The zero-order valence-electron chi connectivity index (χ0n) is 24.1. The van der Waals surface area contributed by atoms with Crippen LogP contribution in [-0.4, -0.2) is 48.6 Å². The van der Waals surface area contributed by atoms with Gasteiger partial charge in [-0.3, -0.25) is 9.69 Å². The van der Waals surface area contributed by atoms with Crippen molar-refractivity contribution in [1.29, 1.82) is 0 Å². The molecule has 4 rings (SSSR count). The van der Waals surface area contributed by atoms with Crippen LogP contribution in [0.4, 0.5) is 21.0 Å². The maximum absolute atomic E-state index is 13.1. The van der Waals surface area contributed by atoms with E-state index in [4.69, 9.17) is 32.5 Å². The van der Waals surface area contributed by atoms with Gasteiger partial charge in [-0.05, 0) is 62.3 Å². The fourth-order valence-electron chi connectivity index (χ4n) is 4.89. The summed E-state index contributed by atoms with van der Waals surface area (Å²) in [4.78, 5) is 37.9. The highest BCUT2D eigenvalue weighted by molar-refractivity contribution is 6.19. The molecule has 3 aromatic rings. The summed E-state index contributed by atoms with van der Waals surface area (Å²) in [7, 11) is 0. The maximum Gasteiger partial charge on any atom is 0.414 e. The Balaban J connectivity index is 1.47. The molecule has 6 N–H and O–H groups in total. The van der Waals surface area contributed by atoms with Crippen LogP contribution in [0, 0.1) is 0 Å². The molecule has 42 heavy (non-hydrogen) atoms. The van der Waals surface area contributed by atoms with E-state index in [2.05, 4.69) is 10.6 Å². The standard InChI is InChI=1S/C31H38ClN5O5/c1-31(2,3)42-30(40)37-17-20(16-32)27-23-8-5-4-7-22(23)26(15-25(27)37)41-18-19-10-12-21(13-11-19)36-28(38)24(33)9-6-14-35-29(34)39/h4-5,7-8,10-13,15,20,24H,6,9,14,16-18,33H2,1-3H3,(H,36,38)(H3,34,35,39)/t20?,24-/m0/s1. The van der Waals surface area contributed by atoms with E-state index in [0.717, 1.165) is 27.6 Å². The van der Waals surface area contributed by atoms with Gasteiger partial charge in [-0.2, -0.15) is 0 Å².